The zero-order chi connectivity index (χ0) is 47.0. The Labute approximate surface area is 374 Å². The second kappa shape index (κ2) is 17.1. The molecule has 17 heteroatoms. The Morgan fingerprint density at radius 3 is 2.38 bits per heavy atom. The highest BCUT2D eigenvalue weighted by Crippen LogP contribution is 2.42. The van der Waals surface area contributed by atoms with E-state index in [0.717, 1.165) is 13.0 Å². The number of esters is 1. The van der Waals surface area contributed by atoms with Gasteiger partial charge in [-0.15, -0.1) is 0 Å². The van der Waals surface area contributed by atoms with Gasteiger partial charge in [-0.1, -0.05) is 45.9 Å². The number of hydrogen-bond donors (Lipinski definition) is 6. The summed E-state index contributed by atoms with van der Waals surface area (Å²) in [5.41, 5.74) is -1.31. The minimum atomic E-state index is -1.98. The van der Waals surface area contributed by atoms with E-state index < -0.39 is 88.1 Å². The van der Waals surface area contributed by atoms with Gasteiger partial charge in [0.05, 0.1) is 35.2 Å². The molecule has 4 aliphatic rings. The SMILES string of the molecule is CO[C@H]1/C=C/OC2(C)Oc3c(C)c(O)c4c(=O)c(c5oc6cc(N7CC8CC7CN8)cc(=O)c6nc5c4c3=C2O)NC(=O)/C(C)=C\C=C\[C@H](C)[C@H](O)[C@@H](C)[C@@H](O)[C@@H](C)[C@H](OC(C)=O)[C@@H]1C. The Hall–Kier alpha value is -6.01. The number of methoxy groups -OCH3 is 1. The van der Waals surface area contributed by atoms with E-state index in [4.69, 9.17) is 28.3 Å². The summed E-state index contributed by atoms with van der Waals surface area (Å²) >= 11 is 0. The zero-order valence-corrected chi connectivity index (χ0v) is 37.8. The number of piperazine rings is 1. The third kappa shape index (κ3) is 7.77. The number of allylic oxidation sites excluding steroid dienone is 2. The molecule has 346 valence electrons. The van der Waals surface area contributed by atoms with Crippen molar-refractivity contribution in [1.29, 1.82) is 0 Å². The molecule has 4 aliphatic heterocycles. The summed E-state index contributed by atoms with van der Waals surface area (Å²) in [6.45, 7) is 14.0. The molecule has 3 aromatic carbocycles. The third-order valence-corrected chi connectivity index (χ3v) is 13.8. The second-order valence-electron chi connectivity index (χ2n) is 18.2. The molecule has 6 bridgehead atoms. The number of amides is 1. The van der Waals surface area contributed by atoms with Crippen LogP contribution in [0.4, 0.5) is 11.4 Å². The van der Waals surface area contributed by atoms with Gasteiger partial charge in [0.1, 0.15) is 28.8 Å². The van der Waals surface area contributed by atoms with Crippen molar-refractivity contribution in [3.63, 3.8) is 0 Å². The summed E-state index contributed by atoms with van der Waals surface area (Å²) in [5.74, 6) is -6.91. The smallest absolute Gasteiger partial charge is 0.307 e. The van der Waals surface area contributed by atoms with Gasteiger partial charge in [-0.25, -0.2) is 4.98 Å². The van der Waals surface area contributed by atoms with Gasteiger partial charge >= 0.3 is 11.8 Å². The molecule has 0 aliphatic carbocycles. The van der Waals surface area contributed by atoms with Gasteiger partial charge in [-0.2, -0.15) is 0 Å². The van der Waals surface area contributed by atoms with E-state index in [9.17, 15) is 39.6 Å². The molecular weight excluding hydrogens is 841 g/mol. The van der Waals surface area contributed by atoms with Gasteiger partial charge in [-0.05, 0) is 26.3 Å². The van der Waals surface area contributed by atoms with E-state index in [2.05, 4.69) is 15.5 Å². The molecular formula is C48H56N4O13. The van der Waals surface area contributed by atoms with Gasteiger partial charge < -0.3 is 59.3 Å². The van der Waals surface area contributed by atoms with Crippen molar-refractivity contribution >= 4 is 62.0 Å². The van der Waals surface area contributed by atoms with E-state index in [1.165, 1.54) is 59.3 Å². The third-order valence-electron chi connectivity index (χ3n) is 13.8. The quantitative estimate of drug-likeness (QED) is 0.0964. The van der Waals surface area contributed by atoms with Gasteiger partial charge in [0.2, 0.25) is 10.9 Å². The average Bonchev–Trinajstić information content (AvgIpc) is 3.99. The molecule has 1 aromatic heterocycles. The van der Waals surface area contributed by atoms with E-state index in [1.807, 2.05) is 0 Å². The Morgan fingerprint density at radius 1 is 0.985 bits per heavy atom. The largest absolute Gasteiger partial charge is 0.507 e. The van der Waals surface area contributed by atoms with Crippen LogP contribution in [0.2, 0.25) is 0 Å². The number of anilines is 2. The minimum Gasteiger partial charge on any atom is -0.507 e. The van der Waals surface area contributed by atoms with Crippen LogP contribution < -0.4 is 36.3 Å². The molecule has 17 nitrogen and oxygen atoms in total. The number of aromatic nitrogens is 1. The topological polar surface area (TPSA) is 239 Å². The lowest BCUT2D eigenvalue weighted by molar-refractivity contribution is -0.160. The van der Waals surface area contributed by atoms with Crippen LogP contribution in [-0.4, -0.2) is 99.8 Å². The monoisotopic (exact) mass is 896 g/mol. The van der Waals surface area contributed by atoms with E-state index in [0.29, 0.717) is 12.2 Å². The highest BCUT2D eigenvalue weighted by Gasteiger charge is 2.44. The fourth-order valence-corrected chi connectivity index (χ4v) is 9.92. The van der Waals surface area contributed by atoms with Crippen molar-refractivity contribution in [3.8, 4) is 11.5 Å². The highest BCUT2D eigenvalue weighted by molar-refractivity contribution is 6.16. The Balaban J connectivity index is 1.36. The summed E-state index contributed by atoms with van der Waals surface area (Å²) in [5, 5.41) is 52.6. The Bertz CT molecular complexity index is 2890. The maximum absolute atomic E-state index is 14.8. The molecule has 2 fully saturated rings. The first-order chi connectivity index (χ1) is 30.8. The van der Waals surface area contributed by atoms with Crippen molar-refractivity contribution in [2.75, 3.05) is 30.4 Å². The summed E-state index contributed by atoms with van der Waals surface area (Å²) in [6.07, 6.45) is 4.49. The molecule has 11 atom stereocenters. The normalized spacial score (nSPS) is 32.7. The predicted octanol–water partition coefficient (Wildman–Crippen LogP) is 4.11. The molecule has 1 amide bonds. The molecule has 6 N–H and O–H groups in total. The maximum atomic E-state index is 14.8. The first-order valence-electron chi connectivity index (χ1n) is 21.9. The number of aliphatic hydroxyl groups excluding tert-OH is 3. The standard InChI is InChI=1S/C48H56N4O13/c1-20-11-10-12-21(2)47(60)51-38-42(58)34-33(37-45(38)64-32-17-28(16-30(54)36(32)50-37)52-19-27-15-29(52)18-49-27)35-44(25(6)41(34)57)65-48(8,46(35)59)62-14-13-31(61-9)22(3)43(63-26(7)53)24(5)40(56)23(4)39(20)55/h10-14,16-17,20,22-24,27,29,31,39-40,43,49,55-57,59H,15,18-19H2,1-9H3,(H,51,60)/b11-10+,14-13+,21-12-/t20-,22+,23+,24+,27?,29?,31-,39-,40+,43+,48?/m0/s1. The number of nitrogens with one attached hydrogen (secondary N) is 2. The van der Waals surface area contributed by atoms with Gasteiger partial charge in [-0.3, -0.25) is 19.2 Å². The second-order valence-corrected chi connectivity index (χ2v) is 18.2. The van der Waals surface area contributed by atoms with Crippen LogP contribution in [0, 0.1) is 30.6 Å². The number of hydrogen-bond acceptors (Lipinski definition) is 16. The molecule has 65 heavy (non-hydrogen) atoms. The van der Waals surface area contributed by atoms with Crippen LogP contribution in [0.3, 0.4) is 0 Å². The van der Waals surface area contributed by atoms with Crippen molar-refractivity contribution in [2.45, 2.75) is 104 Å². The van der Waals surface area contributed by atoms with Crippen molar-refractivity contribution in [3.05, 3.63) is 79.5 Å². The maximum Gasteiger partial charge on any atom is 0.307 e. The summed E-state index contributed by atoms with van der Waals surface area (Å²) in [4.78, 5) is 62.1. The molecule has 0 spiro atoms. The number of phenolic OH excluding ortho intramolecular Hbond substituents is 1. The molecule has 3 unspecified atom stereocenters. The molecule has 4 aromatic rings. The summed E-state index contributed by atoms with van der Waals surface area (Å²) < 4.78 is 30.5. The number of phenols is 1. The summed E-state index contributed by atoms with van der Waals surface area (Å²) in [7, 11) is 1.44. The van der Waals surface area contributed by atoms with Gasteiger partial charge in [0, 0.05) is 104 Å². The van der Waals surface area contributed by atoms with Crippen LogP contribution in [0.5, 0.6) is 11.5 Å². The van der Waals surface area contributed by atoms with Crippen LogP contribution in [0.15, 0.2) is 62.3 Å². The highest BCUT2D eigenvalue weighted by atomic mass is 16.7. The molecule has 0 saturated carbocycles. The number of carbonyl (C=O) groups is 2. The first-order valence-corrected chi connectivity index (χ1v) is 21.9. The number of benzene rings is 3. The van der Waals surface area contributed by atoms with Crippen LogP contribution in [0.1, 0.15) is 60.5 Å². The number of carbonyl (C=O) groups excluding carboxylic acids is 2. The Morgan fingerprint density at radius 2 is 1.72 bits per heavy atom. The van der Waals surface area contributed by atoms with Gasteiger partial charge in [0.15, 0.2) is 22.4 Å². The van der Waals surface area contributed by atoms with Crippen LogP contribution in [-0.2, 0) is 23.8 Å². The van der Waals surface area contributed by atoms with Crippen molar-refractivity contribution in [2.24, 2.45) is 23.7 Å². The lowest BCUT2D eigenvalue weighted by Gasteiger charge is -2.38. The number of nitrogens with zero attached hydrogens (tertiary/aromatic N) is 2. The molecule has 8 rings (SSSR count). The number of aliphatic hydroxyl groups is 3. The minimum absolute atomic E-state index is 0.0447. The number of aromatic hydroxyl groups is 1. The molecule has 0 radical (unpaired) electrons. The Kier molecular flexibility index (Phi) is 12.0. The first kappa shape index (κ1) is 45.6. The van der Waals surface area contributed by atoms with E-state index in [-0.39, 0.29) is 72.8 Å². The van der Waals surface area contributed by atoms with Crippen molar-refractivity contribution < 1.29 is 53.4 Å². The number of ether oxygens (including phenoxy) is 4. The average molecular weight is 897 g/mol. The van der Waals surface area contributed by atoms with E-state index in [1.54, 1.807) is 45.9 Å². The number of fused-ring (bicyclic) bond motifs is 4. The lowest BCUT2D eigenvalue weighted by Crippen LogP contribution is -2.46. The van der Waals surface area contributed by atoms with Crippen molar-refractivity contribution in [1.82, 2.24) is 10.3 Å². The molecule has 2 saturated heterocycles. The van der Waals surface area contributed by atoms with Crippen LogP contribution >= 0.6 is 0 Å². The zero-order valence-electron chi connectivity index (χ0n) is 37.8. The fraction of sp³-hybridized carbons (Fsp3) is 0.479. The summed E-state index contributed by atoms with van der Waals surface area (Å²) in [6, 6.07) is 3.61. The lowest BCUT2D eigenvalue weighted by atomic mass is 9.78. The molecule has 5 heterocycles. The predicted molar refractivity (Wildman–Crippen MR) is 243 cm³/mol. The number of rotatable bonds is 3. The van der Waals surface area contributed by atoms with E-state index >= 15 is 0 Å². The van der Waals surface area contributed by atoms with Gasteiger partial charge in [0.25, 0.3) is 5.91 Å². The van der Waals surface area contributed by atoms with Crippen LogP contribution in [0.25, 0.3) is 38.7 Å². The fourth-order valence-electron chi connectivity index (χ4n) is 9.92.